The highest BCUT2D eigenvalue weighted by atomic mass is 16.5. The van der Waals surface area contributed by atoms with Gasteiger partial charge in [-0.25, -0.2) is 4.79 Å². The maximum atomic E-state index is 11.9. The lowest BCUT2D eigenvalue weighted by molar-refractivity contribution is -0.127. The quantitative estimate of drug-likeness (QED) is 0.455. The molecular weight excluding hydrogens is 214 g/mol. The molecule has 90 valence electrons. The van der Waals surface area contributed by atoms with Crippen LogP contribution in [0.1, 0.15) is 25.3 Å². The van der Waals surface area contributed by atoms with Crippen LogP contribution in [0.5, 0.6) is 5.75 Å². The van der Waals surface area contributed by atoms with Gasteiger partial charge < -0.3 is 9.64 Å². The second-order valence-electron chi connectivity index (χ2n) is 4.35. The zero-order valence-corrected chi connectivity index (χ0v) is 10.5. The third kappa shape index (κ3) is 2.05. The lowest BCUT2D eigenvalue weighted by Gasteiger charge is -2.18. The van der Waals surface area contributed by atoms with Crippen LogP contribution in [-0.2, 0) is 4.79 Å². The SMILES string of the molecule is CCC/C(=C1/C(=O)Oc2ccccc21)N(C)C. The summed E-state index contributed by atoms with van der Waals surface area (Å²) < 4.78 is 5.27. The summed E-state index contributed by atoms with van der Waals surface area (Å²) in [6.45, 7) is 2.11. The smallest absolute Gasteiger partial charge is 0.346 e. The first-order valence-corrected chi connectivity index (χ1v) is 5.87. The lowest BCUT2D eigenvalue weighted by Crippen LogP contribution is -2.16. The van der Waals surface area contributed by atoms with E-state index in [0.717, 1.165) is 24.1 Å². The summed E-state index contributed by atoms with van der Waals surface area (Å²) in [7, 11) is 3.93. The number of esters is 1. The summed E-state index contributed by atoms with van der Waals surface area (Å²) in [5.74, 6) is 0.436. The number of allylic oxidation sites excluding steroid dienone is 1. The van der Waals surface area contributed by atoms with Crippen molar-refractivity contribution < 1.29 is 9.53 Å². The fourth-order valence-electron chi connectivity index (χ4n) is 2.11. The van der Waals surface area contributed by atoms with Crippen LogP contribution in [0.25, 0.3) is 5.57 Å². The minimum Gasteiger partial charge on any atom is -0.422 e. The van der Waals surface area contributed by atoms with E-state index >= 15 is 0 Å². The average molecular weight is 231 g/mol. The minimum atomic E-state index is -0.233. The Morgan fingerprint density at radius 3 is 2.65 bits per heavy atom. The maximum Gasteiger partial charge on any atom is 0.346 e. The number of benzene rings is 1. The summed E-state index contributed by atoms with van der Waals surface area (Å²) in [4.78, 5) is 13.9. The molecule has 0 unspecified atom stereocenters. The van der Waals surface area contributed by atoms with E-state index in [0.29, 0.717) is 11.3 Å². The molecule has 0 spiro atoms. The van der Waals surface area contributed by atoms with Gasteiger partial charge in [0.2, 0.25) is 0 Å². The molecule has 0 saturated heterocycles. The monoisotopic (exact) mass is 231 g/mol. The second-order valence-corrected chi connectivity index (χ2v) is 4.35. The zero-order chi connectivity index (χ0) is 12.4. The molecule has 0 aliphatic carbocycles. The molecule has 3 heteroatoms. The van der Waals surface area contributed by atoms with Gasteiger partial charge in [0, 0.05) is 25.4 Å². The highest BCUT2D eigenvalue weighted by molar-refractivity contribution is 6.22. The van der Waals surface area contributed by atoms with Crippen LogP contribution in [0.3, 0.4) is 0 Å². The van der Waals surface area contributed by atoms with Crippen molar-refractivity contribution in [1.29, 1.82) is 0 Å². The number of para-hydroxylation sites is 1. The standard InChI is InChI=1S/C14H17NO2/c1-4-7-11(15(2)3)13-10-8-5-6-9-12(10)17-14(13)16/h5-6,8-9H,4,7H2,1-3H3/b13-11-. The molecule has 1 aromatic carbocycles. The topological polar surface area (TPSA) is 29.5 Å². The van der Waals surface area contributed by atoms with Crippen LogP contribution in [0.15, 0.2) is 30.0 Å². The molecule has 0 N–H and O–H groups in total. The molecule has 1 heterocycles. The summed E-state index contributed by atoms with van der Waals surface area (Å²) in [5.41, 5.74) is 2.67. The van der Waals surface area contributed by atoms with Crippen molar-refractivity contribution in [2.24, 2.45) is 0 Å². The van der Waals surface area contributed by atoms with Crippen molar-refractivity contribution in [2.45, 2.75) is 19.8 Å². The number of hydrogen-bond donors (Lipinski definition) is 0. The highest BCUT2D eigenvalue weighted by Crippen LogP contribution is 2.37. The Morgan fingerprint density at radius 1 is 1.29 bits per heavy atom. The molecule has 1 aromatic rings. The average Bonchev–Trinajstić information content (AvgIpc) is 2.62. The first-order chi connectivity index (χ1) is 8.15. The van der Waals surface area contributed by atoms with Gasteiger partial charge in [-0.3, -0.25) is 0 Å². The van der Waals surface area contributed by atoms with Gasteiger partial charge in [-0.2, -0.15) is 0 Å². The van der Waals surface area contributed by atoms with Crippen molar-refractivity contribution in [3.05, 3.63) is 35.5 Å². The van der Waals surface area contributed by atoms with Crippen LogP contribution >= 0.6 is 0 Å². The number of carbonyl (C=O) groups is 1. The Hall–Kier alpha value is -1.77. The molecule has 2 rings (SSSR count). The zero-order valence-electron chi connectivity index (χ0n) is 10.5. The molecule has 0 bridgehead atoms. The van der Waals surface area contributed by atoms with E-state index in [1.165, 1.54) is 0 Å². The number of carbonyl (C=O) groups excluding carboxylic acids is 1. The van der Waals surface area contributed by atoms with E-state index in [1.54, 1.807) is 0 Å². The van der Waals surface area contributed by atoms with E-state index in [4.69, 9.17) is 4.74 Å². The van der Waals surface area contributed by atoms with E-state index in [9.17, 15) is 4.79 Å². The van der Waals surface area contributed by atoms with Gasteiger partial charge in [0.25, 0.3) is 0 Å². The third-order valence-corrected chi connectivity index (χ3v) is 2.88. The molecule has 1 aliphatic heterocycles. The highest BCUT2D eigenvalue weighted by Gasteiger charge is 2.29. The molecule has 17 heavy (non-hydrogen) atoms. The predicted molar refractivity (Wildman–Crippen MR) is 67.6 cm³/mol. The van der Waals surface area contributed by atoms with Gasteiger partial charge in [0.15, 0.2) is 0 Å². The fraction of sp³-hybridized carbons (Fsp3) is 0.357. The lowest BCUT2D eigenvalue weighted by atomic mass is 10.0. The molecule has 0 aromatic heterocycles. The minimum absolute atomic E-state index is 0.233. The van der Waals surface area contributed by atoms with Gasteiger partial charge in [-0.15, -0.1) is 0 Å². The van der Waals surface area contributed by atoms with Crippen molar-refractivity contribution in [3.63, 3.8) is 0 Å². The van der Waals surface area contributed by atoms with Crippen LogP contribution in [0.2, 0.25) is 0 Å². The molecule has 0 fully saturated rings. The van der Waals surface area contributed by atoms with Crippen molar-refractivity contribution in [2.75, 3.05) is 14.1 Å². The second kappa shape index (κ2) is 4.62. The van der Waals surface area contributed by atoms with Gasteiger partial charge in [0.05, 0.1) is 5.57 Å². The van der Waals surface area contributed by atoms with Crippen LogP contribution in [0, 0.1) is 0 Å². The Morgan fingerprint density at radius 2 is 2.00 bits per heavy atom. The molecule has 0 saturated carbocycles. The fourth-order valence-corrected chi connectivity index (χ4v) is 2.11. The molecular formula is C14H17NO2. The van der Waals surface area contributed by atoms with E-state index in [1.807, 2.05) is 43.3 Å². The summed E-state index contributed by atoms with van der Waals surface area (Å²) in [6, 6.07) is 7.58. The first-order valence-electron chi connectivity index (χ1n) is 5.87. The van der Waals surface area contributed by atoms with Crippen molar-refractivity contribution in [1.82, 2.24) is 4.90 Å². The van der Waals surface area contributed by atoms with Gasteiger partial charge in [-0.1, -0.05) is 31.5 Å². The van der Waals surface area contributed by atoms with E-state index in [-0.39, 0.29) is 5.97 Å². The summed E-state index contributed by atoms with van der Waals surface area (Å²) in [5, 5.41) is 0. The normalized spacial score (nSPS) is 16.5. The summed E-state index contributed by atoms with van der Waals surface area (Å²) in [6.07, 6.45) is 1.89. The van der Waals surface area contributed by atoms with Crippen LogP contribution < -0.4 is 4.74 Å². The van der Waals surface area contributed by atoms with E-state index < -0.39 is 0 Å². The number of ether oxygens (including phenoxy) is 1. The van der Waals surface area contributed by atoms with Crippen LogP contribution in [-0.4, -0.2) is 25.0 Å². The van der Waals surface area contributed by atoms with Gasteiger partial charge >= 0.3 is 5.97 Å². The summed E-state index contributed by atoms with van der Waals surface area (Å²) >= 11 is 0. The van der Waals surface area contributed by atoms with Crippen molar-refractivity contribution in [3.8, 4) is 5.75 Å². The van der Waals surface area contributed by atoms with E-state index in [2.05, 4.69) is 6.92 Å². The third-order valence-electron chi connectivity index (χ3n) is 2.88. The number of hydrogen-bond acceptors (Lipinski definition) is 3. The molecule has 0 atom stereocenters. The Kier molecular flexibility index (Phi) is 3.18. The number of fused-ring (bicyclic) bond motifs is 1. The Labute approximate surface area is 102 Å². The predicted octanol–water partition coefficient (Wildman–Crippen LogP) is 2.68. The van der Waals surface area contributed by atoms with Crippen molar-refractivity contribution >= 4 is 11.5 Å². The van der Waals surface area contributed by atoms with Crippen LogP contribution in [0.4, 0.5) is 0 Å². The largest absolute Gasteiger partial charge is 0.422 e. The first kappa shape index (κ1) is 11.7. The molecule has 0 radical (unpaired) electrons. The molecule has 3 nitrogen and oxygen atoms in total. The number of rotatable bonds is 3. The maximum absolute atomic E-state index is 11.9. The number of nitrogens with zero attached hydrogens (tertiary/aromatic N) is 1. The Bertz CT molecular complexity index is 475. The van der Waals surface area contributed by atoms with Gasteiger partial charge in [0.1, 0.15) is 5.75 Å². The van der Waals surface area contributed by atoms with Gasteiger partial charge in [-0.05, 0) is 12.5 Å². The molecule has 0 amide bonds. The Balaban J connectivity index is 2.56. The molecule has 1 aliphatic rings.